The van der Waals surface area contributed by atoms with E-state index in [0.717, 1.165) is 6.07 Å². The van der Waals surface area contributed by atoms with E-state index in [9.17, 15) is 14.3 Å². The molecular weight excluding hydrogens is 221 g/mol. The fraction of sp³-hybridized carbons (Fsp3) is 0.0769. The second kappa shape index (κ2) is 4.74. The number of aliphatic carboxylic acids is 1. The maximum absolute atomic E-state index is 12.7. The molecular formula is C13H10FNO2. The number of pyridine rings is 1. The van der Waals surface area contributed by atoms with Crippen LogP contribution in [0.4, 0.5) is 4.39 Å². The van der Waals surface area contributed by atoms with Crippen LogP contribution in [-0.2, 0) is 4.79 Å². The number of halogens is 1. The average Bonchev–Trinajstić information content (AvgIpc) is 2.33. The van der Waals surface area contributed by atoms with Crippen molar-refractivity contribution in [3.8, 4) is 0 Å². The zero-order chi connectivity index (χ0) is 12.3. The number of hydrogen-bond acceptors (Lipinski definition) is 2. The van der Waals surface area contributed by atoms with Gasteiger partial charge in [-0.05, 0) is 17.2 Å². The summed E-state index contributed by atoms with van der Waals surface area (Å²) in [5, 5.41) is 9.23. The molecule has 17 heavy (non-hydrogen) atoms. The minimum absolute atomic E-state index is 0.463. The molecule has 0 aliphatic heterocycles. The second-order valence-electron chi connectivity index (χ2n) is 3.60. The summed E-state index contributed by atoms with van der Waals surface area (Å²) in [6, 6.07) is 11.4. The summed E-state index contributed by atoms with van der Waals surface area (Å²) >= 11 is 0. The summed E-state index contributed by atoms with van der Waals surface area (Å²) in [4.78, 5) is 14.7. The lowest BCUT2D eigenvalue weighted by molar-refractivity contribution is -0.137. The Labute approximate surface area is 97.6 Å². The van der Waals surface area contributed by atoms with Crippen molar-refractivity contribution >= 4 is 5.97 Å². The Hall–Kier alpha value is -2.23. The molecule has 2 aromatic rings. The lowest BCUT2D eigenvalue weighted by atomic mass is 9.93. The first-order valence-electron chi connectivity index (χ1n) is 5.07. The van der Waals surface area contributed by atoms with Gasteiger partial charge in [0.2, 0.25) is 5.95 Å². The van der Waals surface area contributed by atoms with Gasteiger partial charge in [-0.25, -0.2) is 4.98 Å². The van der Waals surface area contributed by atoms with E-state index in [1.807, 2.05) is 6.07 Å². The van der Waals surface area contributed by atoms with Crippen molar-refractivity contribution in [3.05, 3.63) is 65.7 Å². The van der Waals surface area contributed by atoms with E-state index < -0.39 is 17.8 Å². The standard InChI is InChI=1S/C13H10FNO2/c14-11-7-6-10(8-15-11)12(13(16)17)9-4-2-1-3-5-9/h1-8,12H,(H,16,17). The Morgan fingerprint density at radius 2 is 1.82 bits per heavy atom. The zero-order valence-electron chi connectivity index (χ0n) is 8.88. The summed E-state index contributed by atoms with van der Waals surface area (Å²) in [7, 11) is 0. The molecule has 0 saturated heterocycles. The van der Waals surface area contributed by atoms with Crippen LogP contribution in [0.15, 0.2) is 48.7 Å². The van der Waals surface area contributed by atoms with Crippen LogP contribution in [-0.4, -0.2) is 16.1 Å². The number of hydrogen-bond donors (Lipinski definition) is 1. The lowest BCUT2D eigenvalue weighted by Gasteiger charge is -2.12. The molecule has 0 amide bonds. The van der Waals surface area contributed by atoms with Crippen LogP contribution in [0.2, 0.25) is 0 Å². The number of aromatic nitrogens is 1. The van der Waals surface area contributed by atoms with E-state index in [1.54, 1.807) is 24.3 Å². The van der Waals surface area contributed by atoms with Gasteiger partial charge < -0.3 is 5.11 Å². The zero-order valence-corrected chi connectivity index (χ0v) is 8.88. The highest BCUT2D eigenvalue weighted by molar-refractivity contribution is 5.80. The molecule has 1 heterocycles. The third-order valence-corrected chi connectivity index (χ3v) is 2.46. The third kappa shape index (κ3) is 2.47. The van der Waals surface area contributed by atoms with Gasteiger partial charge in [-0.1, -0.05) is 36.4 Å². The average molecular weight is 231 g/mol. The fourth-order valence-corrected chi connectivity index (χ4v) is 1.68. The Morgan fingerprint density at radius 3 is 2.35 bits per heavy atom. The maximum Gasteiger partial charge on any atom is 0.315 e. The molecule has 86 valence electrons. The molecule has 4 heteroatoms. The number of carboxylic acid groups (broad SMARTS) is 1. The predicted octanol–water partition coefficient (Wildman–Crippen LogP) is 2.44. The number of rotatable bonds is 3. The van der Waals surface area contributed by atoms with Gasteiger partial charge in [-0.2, -0.15) is 4.39 Å². The van der Waals surface area contributed by atoms with Crippen LogP contribution in [0.5, 0.6) is 0 Å². The topological polar surface area (TPSA) is 50.2 Å². The van der Waals surface area contributed by atoms with Gasteiger partial charge in [0, 0.05) is 6.20 Å². The molecule has 3 nitrogen and oxygen atoms in total. The van der Waals surface area contributed by atoms with Crippen molar-refractivity contribution in [2.45, 2.75) is 5.92 Å². The van der Waals surface area contributed by atoms with Gasteiger partial charge in [0.15, 0.2) is 0 Å². The number of carbonyl (C=O) groups is 1. The van der Waals surface area contributed by atoms with E-state index >= 15 is 0 Å². The van der Waals surface area contributed by atoms with Gasteiger partial charge in [-0.3, -0.25) is 4.79 Å². The summed E-state index contributed by atoms with van der Waals surface area (Å²) < 4.78 is 12.7. The Morgan fingerprint density at radius 1 is 1.12 bits per heavy atom. The molecule has 1 aromatic heterocycles. The van der Waals surface area contributed by atoms with E-state index in [2.05, 4.69) is 4.98 Å². The normalized spacial score (nSPS) is 12.1. The molecule has 0 saturated carbocycles. The minimum Gasteiger partial charge on any atom is -0.481 e. The molecule has 0 fully saturated rings. The van der Waals surface area contributed by atoms with E-state index in [4.69, 9.17) is 0 Å². The Balaban J connectivity index is 2.43. The quantitative estimate of drug-likeness (QED) is 0.825. The van der Waals surface area contributed by atoms with Gasteiger partial charge in [-0.15, -0.1) is 0 Å². The largest absolute Gasteiger partial charge is 0.481 e. The first-order chi connectivity index (χ1) is 8.18. The van der Waals surface area contributed by atoms with Crippen LogP contribution >= 0.6 is 0 Å². The first kappa shape index (κ1) is 11.3. The van der Waals surface area contributed by atoms with Gasteiger partial charge in [0.1, 0.15) is 5.92 Å². The highest BCUT2D eigenvalue weighted by Crippen LogP contribution is 2.24. The minimum atomic E-state index is -0.982. The second-order valence-corrected chi connectivity index (χ2v) is 3.60. The summed E-state index contributed by atoms with van der Waals surface area (Å²) in [6.07, 6.45) is 1.25. The van der Waals surface area contributed by atoms with Crippen molar-refractivity contribution in [2.75, 3.05) is 0 Å². The summed E-state index contributed by atoms with van der Waals surface area (Å²) in [6.45, 7) is 0. The Kier molecular flexibility index (Phi) is 3.14. The molecule has 1 N–H and O–H groups in total. The highest BCUT2D eigenvalue weighted by atomic mass is 19.1. The number of carboxylic acids is 1. The molecule has 1 atom stereocenters. The molecule has 0 radical (unpaired) electrons. The molecule has 0 spiro atoms. The van der Waals surface area contributed by atoms with Gasteiger partial charge in [0.05, 0.1) is 0 Å². The molecule has 0 bridgehead atoms. The third-order valence-electron chi connectivity index (χ3n) is 2.46. The van der Waals surface area contributed by atoms with Crippen molar-refractivity contribution < 1.29 is 14.3 Å². The highest BCUT2D eigenvalue weighted by Gasteiger charge is 2.22. The molecule has 1 unspecified atom stereocenters. The number of benzene rings is 1. The van der Waals surface area contributed by atoms with Crippen molar-refractivity contribution in [2.24, 2.45) is 0 Å². The van der Waals surface area contributed by atoms with Gasteiger partial charge in [0.25, 0.3) is 0 Å². The van der Waals surface area contributed by atoms with Gasteiger partial charge >= 0.3 is 5.97 Å². The fourth-order valence-electron chi connectivity index (χ4n) is 1.68. The molecule has 0 aliphatic carbocycles. The summed E-state index contributed by atoms with van der Waals surface area (Å²) in [5.74, 6) is -2.42. The molecule has 2 rings (SSSR count). The SMILES string of the molecule is O=C(O)C(c1ccccc1)c1ccc(F)nc1. The van der Waals surface area contributed by atoms with Crippen LogP contribution in [0.3, 0.4) is 0 Å². The lowest BCUT2D eigenvalue weighted by Crippen LogP contribution is -2.13. The number of nitrogens with zero attached hydrogens (tertiary/aromatic N) is 1. The first-order valence-corrected chi connectivity index (χ1v) is 5.07. The van der Waals surface area contributed by atoms with Crippen molar-refractivity contribution in [3.63, 3.8) is 0 Å². The van der Waals surface area contributed by atoms with E-state index in [1.165, 1.54) is 12.3 Å². The van der Waals surface area contributed by atoms with Crippen molar-refractivity contribution in [1.82, 2.24) is 4.98 Å². The molecule has 1 aromatic carbocycles. The van der Waals surface area contributed by atoms with Crippen molar-refractivity contribution in [1.29, 1.82) is 0 Å². The van der Waals surface area contributed by atoms with Crippen LogP contribution in [0.25, 0.3) is 0 Å². The summed E-state index contributed by atoms with van der Waals surface area (Å²) in [5.41, 5.74) is 1.11. The van der Waals surface area contributed by atoms with Crippen LogP contribution in [0, 0.1) is 5.95 Å². The predicted molar refractivity (Wildman–Crippen MR) is 60.1 cm³/mol. The smallest absolute Gasteiger partial charge is 0.315 e. The van der Waals surface area contributed by atoms with Crippen LogP contribution < -0.4 is 0 Å². The maximum atomic E-state index is 12.7. The molecule has 0 aliphatic rings. The van der Waals surface area contributed by atoms with Crippen LogP contribution in [0.1, 0.15) is 17.0 Å². The van der Waals surface area contributed by atoms with E-state index in [0.29, 0.717) is 11.1 Å². The van der Waals surface area contributed by atoms with E-state index in [-0.39, 0.29) is 0 Å². The monoisotopic (exact) mass is 231 g/mol. The Bertz CT molecular complexity index is 511.